The first-order chi connectivity index (χ1) is 9.25. The van der Waals surface area contributed by atoms with Crippen LogP contribution in [0.4, 0.5) is 10.8 Å². The van der Waals surface area contributed by atoms with Crippen LogP contribution in [0, 0.1) is 6.92 Å². The molecule has 0 fully saturated rings. The summed E-state index contributed by atoms with van der Waals surface area (Å²) < 4.78 is 0. The summed E-state index contributed by atoms with van der Waals surface area (Å²) in [5, 5.41) is 5.40. The maximum absolute atomic E-state index is 12.2. The Labute approximate surface area is 123 Å². The number of amides is 1. The van der Waals surface area contributed by atoms with Crippen molar-refractivity contribution in [2.24, 2.45) is 0 Å². The van der Waals surface area contributed by atoms with Crippen LogP contribution in [-0.4, -0.2) is 10.9 Å². The first-order valence-corrected chi connectivity index (χ1v) is 7.28. The lowest BCUT2D eigenvalue weighted by atomic mass is 9.93. The van der Waals surface area contributed by atoms with E-state index < -0.39 is 0 Å². The molecule has 3 N–H and O–H groups in total. The Morgan fingerprint density at radius 2 is 2.00 bits per heavy atom. The number of carbonyl (C=O) groups excluding carboxylic acids is 1. The Morgan fingerprint density at radius 1 is 1.30 bits per heavy atom. The molecular weight excluding hydrogens is 270 g/mol. The van der Waals surface area contributed by atoms with Crippen LogP contribution >= 0.6 is 11.3 Å². The number of carbonyl (C=O) groups is 1. The van der Waals surface area contributed by atoms with Crippen molar-refractivity contribution in [3.63, 3.8) is 0 Å². The van der Waals surface area contributed by atoms with E-state index in [2.05, 4.69) is 31.1 Å². The molecular formula is C15H19N3OS. The van der Waals surface area contributed by atoms with Gasteiger partial charge in [-0.1, -0.05) is 20.8 Å². The second kappa shape index (κ2) is 5.25. The SMILES string of the molecule is Cc1cc(N)cc(C(=O)Nc2nc(C(C)(C)C)cs2)c1. The molecule has 0 unspecified atom stereocenters. The number of aromatic nitrogens is 1. The van der Waals surface area contributed by atoms with Gasteiger partial charge in [-0.2, -0.15) is 0 Å². The van der Waals surface area contributed by atoms with E-state index in [1.165, 1.54) is 11.3 Å². The van der Waals surface area contributed by atoms with E-state index in [0.29, 0.717) is 16.4 Å². The van der Waals surface area contributed by atoms with Crippen molar-refractivity contribution in [2.75, 3.05) is 11.1 Å². The predicted octanol–water partition coefficient (Wildman–Crippen LogP) is 3.58. The Kier molecular flexibility index (Phi) is 3.81. The van der Waals surface area contributed by atoms with Gasteiger partial charge in [0.05, 0.1) is 5.69 Å². The summed E-state index contributed by atoms with van der Waals surface area (Å²) in [7, 11) is 0. The monoisotopic (exact) mass is 289 g/mol. The Balaban J connectivity index is 2.17. The molecule has 0 aliphatic rings. The molecule has 1 aromatic carbocycles. The van der Waals surface area contributed by atoms with E-state index in [9.17, 15) is 4.79 Å². The van der Waals surface area contributed by atoms with Crippen molar-refractivity contribution >= 4 is 28.1 Å². The van der Waals surface area contributed by atoms with Gasteiger partial charge in [0.2, 0.25) is 0 Å². The van der Waals surface area contributed by atoms with Gasteiger partial charge in [0.15, 0.2) is 5.13 Å². The molecule has 1 heterocycles. The normalized spacial score (nSPS) is 11.4. The lowest BCUT2D eigenvalue weighted by Gasteiger charge is -2.14. The molecule has 0 radical (unpaired) electrons. The van der Waals surface area contributed by atoms with Gasteiger partial charge in [-0.3, -0.25) is 10.1 Å². The first-order valence-electron chi connectivity index (χ1n) is 6.40. The molecule has 20 heavy (non-hydrogen) atoms. The third kappa shape index (κ3) is 3.36. The number of hydrogen-bond acceptors (Lipinski definition) is 4. The highest BCUT2D eigenvalue weighted by atomic mass is 32.1. The number of hydrogen-bond donors (Lipinski definition) is 2. The number of nitrogens with zero attached hydrogens (tertiary/aromatic N) is 1. The second-order valence-corrected chi connectivity index (χ2v) is 6.73. The maximum Gasteiger partial charge on any atom is 0.257 e. The highest BCUT2D eigenvalue weighted by Crippen LogP contribution is 2.26. The van der Waals surface area contributed by atoms with Gasteiger partial charge >= 0.3 is 0 Å². The highest BCUT2D eigenvalue weighted by Gasteiger charge is 2.18. The van der Waals surface area contributed by atoms with Gasteiger partial charge < -0.3 is 5.73 Å². The summed E-state index contributed by atoms with van der Waals surface area (Å²) >= 11 is 1.43. The molecule has 1 amide bonds. The molecule has 0 spiro atoms. The molecule has 4 nitrogen and oxygen atoms in total. The Bertz CT molecular complexity index is 621. The molecule has 0 aliphatic heterocycles. The molecule has 0 saturated heterocycles. The van der Waals surface area contributed by atoms with Gasteiger partial charge in [-0.25, -0.2) is 4.98 Å². The predicted molar refractivity (Wildman–Crippen MR) is 84.4 cm³/mol. The van der Waals surface area contributed by atoms with Crippen molar-refractivity contribution in [3.05, 3.63) is 40.4 Å². The minimum atomic E-state index is -0.185. The minimum absolute atomic E-state index is 0.0206. The molecule has 0 aliphatic carbocycles. The standard InChI is InChI=1S/C15H19N3OS/c1-9-5-10(7-11(16)6-9)13(19)18-14-17-12(8-20-14)15(2,3)4/h5-8H,16H2,1-4H3,(H,17,18,19). The molecule has 0 saturated carbocycles. The van der Waals surface area contributed by atoms with E-state index in [0.717, 1.165) is 11.3 Å². The zero-order valence-corrected chi connectivity index (χ0v) is 13.0. The smallest absolute Gasteiger partial charge is 0.257 e. The van der Waals surface area contributed by atoms with E-state index in [4.69, 9.17) is 5.73 Å². The summed E-state index contributed by atoms with van der Waals surface area (Å²) in [6.07, 6.45) is 0. The third-order valence-corrected chi connectivity index (χ3v) is 3.61. The second-order valence-electron chi connectivity index (χ2n) is 5.87. The zero-order chi connectivity index (χ0) is 14.9. The van der Waals surface area contributed by atoms with Crippen LogP contribution in [0.2, 0.25) is 0 Å². The number of nitrogen functional groups attached to an aromatic ring is 1. The maximum atomic E-state index is 12.2. The molecule has 0 atom stereocenters. The summed E-state index contributed by atoms with van der Waals surface area (Å²) in [6, 6.07) is 5.31. The van der Waals surface area contributed by atoms with Gasteiger partial charge in [0, 0.05) is 22.0 Å². The van der Waals surface area contributed by atoms with Crippen LogP contribution in [-0.2, 0) is 5.41 Å². The van der Waals surface area contributed by atoms with Crippen molar-refractivity contribution in [3.8, 4) is 0 Å². The average molecular weight is 289 g/mol. The van der Waals surface area contributed by atoms with Crippen molar-refractivity contribution in [1.29, 1.82) is 0 Å². The van der Waals surface area contributed by atoms with Crippen LogP contribution < -0.4 is 11.1 Å². The summed E-state index contributed by atoms with van der Waals surface area (Å²) in [5.41, 5.74) is 8.81. The summed E-state index contributed by atoms with van der Waals surface area (Å²) in [6.45, 7) is 8.19. The molecule has 2 aromatic rings. The fourth-order valence-corrected chi connectivity index (χ4v) is 2.72. The van der Waals surface area contributed by atoms with Gasteiger partial charge in [-0.15, -0.1) is 11.3 Å². The molecule has 1 aromatic heterocycles. The molecule has 0 bridgehead atoms. The highest BCUT2D eigenvalue weighted by molar-refractivity contribution is 7.14. The number of thiazole rings is 1. The lowest BCUT2D eigenvalue weighted by molar-refractivity contribution is 0.102. The number of aryl methyl sites for hydroxylation is 1. The summed E-state index contributed by atoms with van der Waals surface area (Å²) in [4.78, 5) is 16.6. The van der Waals surface area contributed by atoms with E-state index in [1.807, 2.05) is 24.4 Å². The number of rotatable bonds is 2. The van der Waals surface area contributed by atoms with Gasteiger partial charge in [0.1, 0.15) is 0 Å². The molecule has 2 rings (SSSR count). The van der Waals surface area contributed by atoms with Crippen LogP contribution in [0.25, 0.3) is 0 Å². The van der Waals surface area contributed by atoms with Gasteiger partial charge in [-0.05, 0) is 30.7 Å². The third-order valence-electron chi connectivity index (χ3n) is 2.85. The van der Waals surface area contributed by atoms with Gasteiger partial charge in [0.25, 0.3) is 5.91 Å². The lowest BCUT2D eigenvalue weighted by Crippen LogP contribution is -2.14. The van der Waals surface area contributed by atoms with Crippen molar-refractivity contribution in [2.45, 2.75) is 33.1 Å². The van der Waals surface area contributed by atoms with Crippen molar-refractivity contribution in [1.82, 2.24) is 4.98 Å². The van der Waals surface area contributed by atoms with Crippen LogP contribution in [0.1, 0.15) is 42.4 Å². The molecule has 5 heteroatoms. The van der Waals surface area contributed by atoms with Crippen LogP contribution in [0.5, 0.6) is 0 Å². The van der Waals surface area contributed by atoms with E-state index in [-0.39, 0.29) is 11.3 Å². The number of nitrogens with two attached hydrogens (primary N) is 1. The zero-order valence-electron chi connectivity index (χ0n) is 12.2. The fourth-order valence-electron chi connectivity index (χ4n) is 1.79. The van der Waals surface area contributed by atoms with Crippen LogP contribution in [0.15, 0.2) is 23.6 Å². The Morgan fingerprint density at radius 3 is 2.55 bits per heavy atom. The molecule has 106 valence electrons. The number of benzene rings is 1. The minimum Gasteiger partial charge on any atom is -0.399 e. The first kappa shape index (κ1) is 14.5. The topological polar surface area (TPSA) is 68.0 Å². The fraction of sp³-hybridized carbons (Fsp3) is 0.333. The Hall–Kier alpha value is -1.88. The van der Waals surface area contributed by atoms with Crippen LogP contribution in [0.3, 0.4) is 0 Å². The van der Waals surface area contributed by atoms with E-state index >= 15 is 0 Å². The van der Waals surface area contributed by atoms with Crippen molar-refractivity contribution < 1.29 is 4.79 Å². The number of anilines is 2. The largest absolute Gasteiger partial charge is 0.399 e. The summed E-state index contributed by atoms with van der Waals surface area (Å²) in [5.74, 6) is -0.185. The number of nitrogens with one attached hydrogen (secondary N) is 1. The average Bonchev–Trinajstić information content (AvgIpc) is 2.75. The van der Waals surface area contributed by atoms with E-state index in [1.54, 1.807) is 6.07 Å². The quantitative estimate of drug-likeness (QED) is 0.830.